The second-order valence-electron chi connectivity index (χ2n) is 8.63. The summed E-state index contributed by atoms with van der Waals surface area (Å²) in [6.07, 6.45) is 8.46. The number of rotatable bonds is 11. The predicted molar refractivity (Wildman–Crippen MR) is 142 cm³/mol. The molecule has 36 heavy (non-hydrogen) atoms. The third kappa shape index (κ3) is 6.12. The van der Waals surface area contributed by atoms with Crippen LogP contribution >= 0.6 is 0 Å². The van der Waals surface area contributed by atoms with E-state index in [9.17, 15) is 8.42 Å². The van der Waals surface area contributed by atoms with Crippen molar-refractivity contribution in [2.75, 3.05) is 37.7 Å². The molecule has 2 heterocycles. The van der Waals surface area contributed by atoms with Crippen LogP contribution in [0.2, 0.25) is 0 Å². The zero-order valence-electron chi connectivity index (χ0n) is 21.0. The molecule has 0 aliphatic heterocycles. The maximum Gasteiger partial charge on any atom is 0.149 e. The molecule has 0 aliphatic carbocycles. The Bertz CT molecular complexity index is 1430. The van der Waals surface area contributed by atoms with E-state index >= 15 is 0 Å². The highest BCUT2D eigenvalue weighted by atomic mass is 32.2. The van der Waals surface area contributed by atoms with Crippen molar-refractivity contribution in [1.29, 1.82) is 0 Å². The van der Waals surface area contributed by atoms with Gasteiger partial charge in [-0.2, -0.15) is 5.10 Å². The van der Waals surface area contributed by atoms with Gasteiger partial charge >= 0.3 is 0 Å². The van der Waals surface area contributed by atoms with E-state index in [4.69, 9.17) is 14.5 Å². The summed E-state index contributed by atoms with van der Waals surface area (Å²) in [7, 11) is 0.221. The van der Waals surface area contributed by atoms with Crippen LogP contribution in [0.15, 0.2) is 55.0 Å². The number of fused-ring (bicyclic) bond motifs is 1. The number of unbranched alkanes of at least 4 members (excludes halogenated alkanes) is 1. The van der Waals surface area contributed by atoms with Gasteiger partial charge in [-0.1, -0.05) is 13.3 Å². The van der Waals surface area contributed by atoms with Gasteiger partial charge in [0, 0.05) is 54.1 Å². The van der Waals surface area contributed by atoms with Crippen LogP contribution in [0.3, 0.4) is 0 Å². The number of hydrogen-bond donors (Lipinski definition) is 0. The molecule has 4 rings (SSSR count). The van der Waals surface area contributed by atoms with E-state index in [-0.39, 0.29) is 5.75 Å². The zero-order chi connectivity index (χ0) is 25.7. The molecule has 0 aliphatic rings. The van der Waals surface area contributed by atoms with E-state index in [1.54, 1.807) is 37.5 Å². The number of nitrogens with zero attached hydrogens (tertiary/aromatic N) is 5. The van der Waals surface area contributed by atoms with Crippen molar-refractivity contribution in [3.63, 3.8) is 0 Å². The van der Waals surface area contributed by atoms with Crippen molar-refractivity contribution in [3.8, 4) is 22.8 Å². The number of benzene rings is 2. The molecule has 10 heteroatoms. The smallest absolute Gasteiger partial charge is 0.149 e. The second kappa shape index (κ2) is 10.9. The molecule has 0 unspecified atom stereocenters. The van der Waals surface area contributed by atoms with Crippen molar-refractivity contribution in [2.45, 2.75) is 26.3 Å². The molecule has 0 amide bonds. The molecule has 0 bridgehead atoms. The number of ether oxygens (including phenoxy) is 2. The molecule has 0 fully saturated rings. The van der Waals surface area contributed by atoms with Crippen LogP contribution in [0.1, 0.15) is 19.8 Å². The summed E-state index contributed by atoms with van der Waals surface area (Å²) < 4.78 is 35.5. The third-order valence-electron chi connectivity index (χ3n) is 5.84. The van der Waals surface area contributed by atoms with Crippen LogP contribution < -0.4 is 14.4 Å². The van der Waals surface area contributed by atoms with Crippen LogP contribution in [-0.4, -0.2) is 60.9 Å². The summed E-state index contributed by atoms with van der Waals surface area (Å²) in [4.78, 5) is 11.7. The van der Waals surface area contributed by atoms with Gasteiger partial charge in [0.1, 0.15) is 21.3 Å². The average molecular weight is 510 g/mol. The Labute approximate surface area is 211 Å². The summed E-state index contributed by atoms with van der Waals surface area (Å²) in [5.74, 6) is 1.48. The van der Waals surface area contributed by atoms with Crippen molar-refractivity contribution in [3.05, 3.63) is 55.0 Å². The minimum absolute atomic E-state index is 0.0313. The molecule has 190 valence electrons. The third-order valence-corrected chi connectivity index (χ3v) is 6.76. The first-order chi connectivity index (χ1) is 17.3. The first-order valence-corrected chi connectivity index (χ1v) is 13.8. The van der Waals surface area contributed by atoms with Gasteiger partial charge in [-0.25, -0.2) is 13.4 Å². The van der Waals surface area contributed by atoms with Gasteiger partial charge in [0.25, 0.3) is 0 Å². The number of hydrogen-bond acceptors (Lipinski definition) is 8. The lowest BCUT2D eigenvalue weighted by molar-refractivity contribution is 0.394. The molecular weight excluding hydrogens is 478 g/mol. The lowest BCUT2D eigenvalue weighted by Crippen LogP contribution is -2.18. The number of anilines is 2. The molecule has 0 saturated heterocycles. The van der Waals surface area contributed by atoms with Crippen LogP contribution in [-0.2, 0) is 16.4 Å². The Morgan fingerprint density at radius 2 is 1.72 bits per heavy atom. The Hall–Kier alpha value is -3.66. The van der Waals surface area contributed by atoms with Crippen molar-refractivity contribution < 1.29 is 17.9 Å². The van der Waals surface area contributed by atoms with E-state index in [1.165, 1.54) is 6.26 Å². The van der Waals surface area contributed by atoms with Crippen LogP contribution in [0, 0.1) is 0 Å². The van der Waals surface area contributed by atoms with Crippen LogP contribution in [0.25, 0.3) is 22.3 Å². The maximum absolute atomic E-state index is 11.5. The van der Waals surface area contributed by atoms with Gasteiger partial charge in [0.2, 0.25) is 0 Å². The summed E-state index contributed by atoms with van der Waals surface area (Å²) >= 11 is 0. The molecule has 9 nitrogen and oxygen atoms in total. The van der Waals surface area contributed by atoms with Gasteiger partial charge in [-0.3, -0.25) is 9.67 Å². The molecule has 2 aromatic heterocycles. The van der Waals surface area contributed by atoms with Gasteiger partial charge in [-0.15, -0.1) is 0 Å². The normalized spacial score (nSPS) is 11.6. The first kappa shape index (κ1) is 25.4. The Morgan fingerprint density at radius 3 is 2.39 bits per heavy atom. The molecular formula is C26H31N5O4S. The van der Waals surface area contributed by atoms with Gasteiger partial charge in [0.05, 0.1) is 55.6 Å². The standard InChI is InChI=1S/C26H31N5O4S/c1-5-6-9-31(21-12-22(34-2)15-23(13-21)35-3)20-7-8-24-25(14-20)29-26(17-27-24)19-16-28-30(18-19)10-11-36(4,32)33/h7-8,12-18H,5-6,9-11H2,1-4H3. The van der Waals surface area contributed by atoms with Crippen molar-refractivity contribution >= 4 is 32.2 Å². The fourth-order valence-electron chi connectivity index (χ4n) is 3.86. The van der Waals surface area contributed by atoms with Gasteiger partial charge < -0.3 is 14.4 Å². The van der Waals surface area contributed by atoms with E-state index in [0.29, 0.717) is 12.2 Å². The quantitative estimate of drug-likeness (QED) is 0.292. The molecule has 2 aromatic carbocycles. The monoisotopic (exact) mass is 509 g/mol. The largest absolute Gasteiger partial charge is 0.497 e. The highest BCUT2D eigenvalue weighted by Gasteiger charge is 2.14. The number of sulfone groups is 1. The van der Waals surface area contributed by atoms with E-state index in [2.05, 4.69) is 21.9 Å². The number of methoxy groups -OCH3 is 2. The highest BCUT2D eigenvalue weighted by molar-refractivity contribution is 7.90. The minimum Gasteiger partial charge on any atom is -0.497 e. The molecule has 0 spiro atoms. The van der Waals surface area contributed by atoms with Gasteiger partial charge in [0.15, 0.2) is 0 Å². The van der Waals surface area contributed by atoms with Gasteiger partial charge in [-0.05, 0) is 24.6 Å². The Kier molecular flexibility index (Phi) is 7.73. The molecule has 4 aromatic rings. The van der Waals surface area contributed by atoms with Crippen molar-refractivity contribution in [1.82, 2.24) is 19.7 Å². The fourth-order valence-corrected chi connectivity index (χ4v) is 4.37. The lowest BCUT2D eigenvalue weighted by atomic mass is 10.1. The lowest BCUT2D eigenvalue weighted by Gasteiger charge is -2.26. The van der Waals surface area contributed by atoms with E-state index in [0.717, 1.165) is 58.9 Å². The minimum atomic E-state index is -3.07. The first-order valence-electron chi connectivity index (χ1n) is 11.8. The fraction of sp³-hybridized carbons (Fsp3) is 0.346. The van der Waals surface area contributed by atoms with Crippen LogP contribution in [0.4, 0.5) is 11.4 Å². The predicted octanol–water partition coefficient (Wildman–Crippen LogP) is 4.49. The maximum atomic E-state index is 11.5. The van der Waals surface area contributed by atoms with Crippen molar-refractivity contribution in [2.24, 2.45) is 0 Å². The molecule has 0 N–H and O–H groups in total. The van der Waals surface area contributed by atoms with E-state index < -0.39 is 9.84 Å². The topological polar surface area (TPSA) is 99.4 Å². The summed E-state index contributed by atoms with van der Waals surface area (Å²) in [5.41, 5.74) is 4.95. The molecule has 0 radical (unpaired) electrons. The SMILES string of the molecule is CCCCN(c1cc(OC)cc(OC)c1)c1ccc2ncc(-c3cnn(CCS(C)(=O)=O)c3)nc2c1. The zero-order valence-corrected chi connectivity index (χ0v) is 21.8. The Balaban J connectivity index is 1.69. The summed E-state index contributed by atoms with van der Waals surface area (Å²) in [6, 6.07) is 11.9. The van der Waals surface area contributed by atoms with Crippen LogP contribution in [0.5, 0.6) is 11.5 Å². The average Bonchev–Trinajstić information content (AvgIpc) is 3.36. The Morgan fingerprint density at radius 1 is 0.972 bits per heavy atom. The molecule has 0 atom stereocenters. The second-order valence-corrected chi connectivity index (χ2v) is 10.9. The summed E-state index contributed by atoms with van der Waals surface area (Å²) in [6.45, 7) is 3.28. The highest BCUT2D eigenvalue weighted by Crippen LogP contribution is 2.34. The number of aryl methyl sites for hydroxylation is 1. The molecule has 0 saturated carbocycles. The number of aromatic nitrogens is 4. The summed E-state index contributed by atoms with van der Waals surface area (Å²) in [5, 5.41) is 4.28. The van der Waals surface area contributed by atoms with E-state index in [1.807, 2.05) is 36.4 Å².